The average molecular weight is 491 g/mol. The molecule has 0 saturated carbocycles. The van der Waals surface area contributed by atoms with Crippen LogP contribution in [0.5, 0.6) is 0 Å². The molecule has 36 heavy (non-hydrogen) atoms. The lowest BCUT2D eigenvalue weighted by atomic mass is 9.94. The molecule has 1 aliphatic rings. The predicted molar refractivity (Wildman–Crippen MR) is 137 cm³/mol. The highest BCUT2D eigenvalue weighted by molar-refractivity contribution is 6.02. The van der Waals surface area contributed by atoms with Gasteiger partial charge in [0.2, 0.25) is 0 Å². The Kier molecular flexibility index (Phi) is 6.61. The highest BCUT2D eigenvalue weighted by atomic mass is 19.1. The topological polar surface area (TPSA) is 63.7 Å². The number of anilines is 1. The Balaban J connectivity index is 1.75. The Hall–Kier alpha value is -3.91. The van der Waals surface area contributed by atoms with Crippen molar-refractivity contribution in [1.82, 2.24) is 4.98 Å². The minimum atomic E-state index is -0.660. The molecule has 1 aliphatic heterocycles. The van der Waals surface area contributed by atoms with E-state index in [0.717, 1.165) is 35.5 Å². The quantitative estimate of drug-likeness (QED) is 0.280. The zero-order chi connectivity index (χ0) is 25.2. The maximum absolute atomic E-state index is 14.7. The molecule has 2 heterocycles. The summed E-state index contributed by atoms with van der Waals surface area (Å²) in [6, 6.07) is 14.0. The molecule has 8 heteroatoms. The third-order valence-electron chi connectivity index (χ3n) is 6.52. The molecule has 0 aliphatic carbocycles. The van der Waals surface area contributed by atoms with E-state index in [1.165, 1.54) is 31.5 Å². The third kappa shape index (κ3) is 4.64. The smallest absolute Gasteiger partial charge is 0.132 e. The van der Waals surface area contributed by atoms with Gasteiger partial charge in [0.25, 0.3) is 0 Å². The van der Waals surface area contributed by atoms with E-state index >= 15 is 0 Å². The average Bonchev–Trinajstić information content (AvgIpc) is 2.87. The van der Waals surface area contributed by atoms with Crippen molar-refractivity contribution in [2.45, 2.75) is 18.9 Å². The largest absolute Gasteiger partial charge is 0.399 e. The number of nitrogens with zero attached hydrogens (tertiary/aromatic N) is 3. The van der Waals surface area contributed by atoms with E-state index in [1.54, 1.807) is 18.3 Å². The van der Waals surface area contributed by atoms with E-state index in [0.29, 0.717) is 40.9 Å². The van der Waals surface area contributed by atoms with Crippen molar-refractivity contribution in [1.29, 1.82) is 0 Å². The second-order valence-corrected chi connectivity index (χ2v) is 8.85. The van der Waals surface area contributed by atoms with Crippen molar-refractivity contribution in [2.24, 2.45) is 10.9 Å². The summed E-state index contributed by atoms with van der Waals surface area (Å²) in [7, 11) is 1.40. The fraction of sp³-hybridized carbons (Fsp3) is 0.214. The van der Waals surface area contributed by atoms with Gasteiger partial charge in [-0.3, -0.25) is 4.98 Å². The fourth-order valence-corrected chi connectivity index (χ4v) is 4.76. The summed E-state index contributed by atoms with van der Waals surface area (Å²) in [5.74, 6) is -1.75. The lowest BCUT2D eigenvalue weighted by Crippen LogP contribution is -2.40. The van der Waals surface area contributed by atoms with Crippen LogP contribution in [0, 0.1) is 17.5 Å². The molecule has 0 radical (unpaired) electrons. The number of hydrogen-bond donors (Lipinski definition) is 1. The molecule has 1 aromatic heterocycles. The lowest BCUT2D eigenvalue weighted by molar-refractivity contribution is 0.215. The van der Waals surface area contributed by atoms with Crippen molar-refractivity contribution < 1.29 is 18.0 Å². The van der Waals surface area contributed by atoms with Gasteiger partial charge in [-0.2, -0.15) is 0 Å². The third-order valence-corrected chi connectivity index (χ3v) is 6.52. The summed E-state index contributed by atoms with van der Waals surface area (Å²) < 4.78 is 43.0. The SMILES string of the molecule is CO/N=C/c1c(F)cccc1-c1ccc2ncc(-c3cc(F)cc(F)c3)c(N3CCC(N)CC3)c2c1. The van der Waals surface area contributed by atoms with Crippen molar-refractivity contribution in [3.05, 3.63) is 83.8 Å². The van der Waals surface area contributed by atoms with Crippen LogP contribution in [0.1, 0.15) is 18.4 Å². The first-order valence-electron chi connectivity index (χ1n) is 11.7. The van der Waals surface area contributed by atoms with Crippen LogP contribution in [0.15, 0.2) is 65.9 Å². The number of fused-ring (bicyclic) bond motifs is 1. The van der Waals surface area contributed by atoms with Gasteiger partial charge in [-0.15, -0.1) is 0 Å². The molecule has 0 bridgehead atoms. The molecule has 0 amide bonds. The van der Waals surface area contributed by atoms with Crippen LogP contribution < -0.4 is 10.6 Å². The molecule has 1 fully saturated rings. The van der Waals surface area contributed by atoms with Gasteiger partial charge in [-0.05, 0) is 59.9 Å². The molecule has 2 N–H and O–H groups in total. The van der Waals surface area contributed by atoms with Crippen molar-refractivity contribution in [3.8, 4) is 22.3 Å². The van der Waals surface area contributed by atoms with Gasteiger partial charge in [-0.25, -0.2) is 13.2 Å². The minimum absolute atomic E-state index is 0.106. The van der Waals surface area contributed by atoms with Gasteiger partial charge in [0.1, 0.15) is 24.6 Å². The maximum Gasteiger partial charge on any atom is 0.132 e. The molecule has 5 nitrogen and oxygen atoms in total. The normalized spacial score (nSPS) is 14.6. The summed E-state index contributed by atoms with van der Waals surface area (Å²) >= 11 is 0. The van der Waals surface area contributed by atoms with Crippen LogP contribution in [0.4, 0.5) is 18.9 Å². The van der Waals surface area contributed by atoms with E-state index in [2.05, 4.69) is 15.0 Å². The van der Waals surface area contributed by atoms with Crippen LogP contribution >= 0.6 is 0 Å². The molecule has 5 rings (SSSR count). The van der Waals surface area contributed by atoms with Gasteiger partial charge >= 0.3 is 0 Å². The first kappa shape index (κ1) is 23.8. The summed E-state index contributed by atoms with van der Waals surface area (Å²) in [6.45, 7) is 1.39. The van der Waals surface area contributed by atoms with Gasteiger partial charge in [-0.1, -0.05) is 23.4 Å². The molecule has 0 unspecified atom stereocenters. The number of piperidine rings is 1. The van der Waals surface area contributed by atoms with Crippen LogP contribution in [-0.2, 0) is 4.84 Å². The number of pyridine rings is 1. The first-order chi connectivity index (χ1) is 17.4. The minimum Gasteiger partial charge on any atom is -0.399 e. The summed E-state index contributed by atoms with van der Waals surface area (Å²) in [6.07, 6.45) is 4.58. The summed E-state index contributed by atoms with van der Waals surface area (Å²) in [5.41, 5.74) is 10.4. The molecule has 3 aromatic carbocycles. The summed E-state index contributed by atoms with van der Waals surface area (Å²) in [4.78, 5) is 11.6. The number of hydrogen-bond acceptors (Lipinski definition) is 5. The van der Waals surface area contributed by atoms with E-state index in [9.17, 15) is 13.2 Å². The van der Waals surface area contributed by atoms with Crippen LogP contribution in [0.3, 0.4) is 0 Å². The van der Waals surface area contributed by atoms with E-state index in [4.69, 9.17) is 10.6 Å². The molecule has 184 valence electrons. The zero-order valence-corrected chi connectivity index (χ0v) is 19.7. The highest BCUT2D eigenvalue weighted by Gasteiger charge is 2.23. The van der Waals surface area contributed by atoms with Crippen molar-refractivity contribution in [2.75, 3.05) is 25.1 Å². The standard InChI is InChI=1S/C28H25F3N4O/c1-36-34-16-25-22(3-2-4-26(25)31)17-5-6-27-23(13-17)28(35-9-7-21(32)8-10-35)24(15-33-27)18-11-19(29)14-20(30)12-18/h2-6,11-16,21H,7-10,32H2,1H3/b34-16+. The van der Waals surface area contributed by atoms with Gasteiger partial charge in [0, 0.05) is 47.9 Å². The number of nitrogens with two attached hydrogens (primary N) is 1. The highest BCUT2D eigenvalue weighted by Crippen LogP contribution is 2.40. The molecule has 0 spiro atoms. The van der Waals surface area contributed by atoms with E-state index in [1.807, 2.05) is 18.2 Å². The zero-order valence-electron chi connectivity index (χ0n) is 19.7. The Bertz CT molecular complexity index is 1430. The van der Waals surface area contributed by atoms with E-state index < -0.39 is 17.5 Å². The number of benzene rings is 3. The fourth-order valence-electron chi connectivity index (χ4n) is 4.76. The van der Waals surface area contributed by atoms with Crippen molar-refractivity contribution >= 4 is 22.8 Å². The predicted octanol–water partition coefficient (Wildman–Crippen LogP) is 5.89. The second kappa shape index (κ2) is 9.99. The molecular weight excluding hydrogens is 465 g/mol. The first-order valence-corrected chi connectivity index (χ1v) is 11.7. The molecule has 1 saturated heterocycles. The Morgan fingerprint density at radius 2 is 1.72 bits per heavy atom. The van der Waals surface area contributed by atoms with Crippen LogP contribution in [-0.4, -0.2) is 37.4 Å². The van der Waals surface area contributed by atoms with Crippen LogP contribution in [0.25, 0.3) is 33.2 Å². The number of rotatable bonds is 5. The van der Waals surface area contributed by atoms with Gasteiger partial charge in [0.15, 0.2) is 0 Å². The maximum atomic E-state index is 14.7. The van der Waals surface area contributed by atoms with E-state index in [-0.39, 0.29) is 6.04 Å². The van der Waals surface area contributed by atoms with Gasteiger partial charge in [0.05, 0.1) is 17.4 Å². The Morgan fingerprint density at radius 1 is 0.972 bits per heavy atom. The second-order valence-electron chi connectivity index (χ2n) is 8.85. The Morgan fingerprint density at radius 3 is 2.44 bits per heavy atom. The number of aromatic nitrogens is 1. The summed E-state index contributed by atoms with van der Waals surface area (Å²) in [5, 5.41) is 4.55. The monoisotopic (exact) mass is 490 g/mol. The lowest BCUT2D eigenvalue weighted by Gasteiger charge is -2.34. The number of oxime groups is 1. The molecule has 4 aromatic rings. The Labute approximate surface area is 207 Å². The van der Waals surface area contributed by atoms with Gasteiger partial charge < -0.3 is 15.5 Å². The number of halogens is 3. The molecule has 0 atom stereocenters. The van der Waals surface area contributed by atoms with Crippen molar-refractivity contribution in [3.63, 3.8) is 0 Å². The molecular formula is C28H25F3N4O. The van der Waals surface area contributed by atoms with Crippen LogP contribution in [0.2, 0.25) is 0 Å².